The molecule has 1 unspecified atom stereocenters. The lowest BCUT2D eigenvalue weighted by molar-refractivity contribution is 0.102. The van der Waals surface area contributed by atoms with Gasteiger partial charge in [-0.1, -0.05) is 25.4 Å². The molecule has 0 radical (unpaired) electrons. The first-order valence-corrected chi connectivity index (χ1v) is 9.40. The van der Waals surface area contributed by atoms with Gasteiger partial charge < -0.3 is 15.4 Å². The van der Waals surface area contributed by atoms with Gasteiger partial charge in [0.25, 0.3) is 5.91 Å². The van der Waals surface area contributed by atoms with E-state index in [9.17, 15) is 4.79 Å². The second-order valence-electron chi connectivity index (χ2n) is 6.99. The van der Waals surface area contributed by atoms with E-state index in [2.05, 4.69) is 29.6 Å². The van der Waals surface area contributed by atoms with Crippen molar-refractivity contribution in [2.24, 2.45) is 5.92 Å². The van der Waals surface area contributed by atoms with E-state index in [0.717, 1.165) is 25.9 Å². The molecule has 7 heteroatoms. The Morgan fingerprint density at radius 3 is 3.00 bits per heavy atom. The van der Waals surface area contributed by atoms with Gasteiger partial charge in [-0.15, -0.1) is 0 Å². The summed E-state index contributed by atoms with van der Waals surface area (Å²) in [6, 6.07) is 7.29. The third-order valence-electron chi connectivity index (χ3n) is 4.25. The van der Waals surface area contributed by atoms with Gasteiger partial charge in [0.1, 0.15) is 5.75 Å². The van der Waals surface area contributed by atoms with Crippen LogP contribution in [0.25, 0.3) is 0 Å². The SMILES string of the molecule is CC(C)COc1ccc(NC(=O)c2ccn(C3CCCNC3)n2)cc1Cl. The number of carbonyl (C=O) groups excluding carboxylic acids is 1. The molecule has 1 atom stereocenters. The Kier molecular flexibility index (Phi) is 6.16. The predicted molar refractivity (Wildman–Crippen MR) is 103 cm³/mol. The summed E-state index contributed by atoms with van der Waals surface area (Å²) in [5.74, 6) is 0.784. The quantitative estimate of drug-likeness (QED) is 0.805. The van der Waals surface area contributed by atoms with Gasteiger partial charge >= 0.3 is 0 Å². The number of amides is 1. The highest BCUT2D eigenvalue weighted by atomic mass is 35.5. The predicted octanol–water partition coefficient (Wildman–Crippen LogP) is 3.75. The fourth-order valence-corrected chi connectivity index (χ4v) is 3.10. The van der Waals surface area contributed by atoms with Crippen LogP contribution in [0.2, 0.25) is 5.02 Å². The van der Waals surface area contributed by atoms with Gasteiger partial charge in [0.15, 0.2) is 5.69 Å². The van der Waals surface area contributed by atoms with Crippen LogP contribution >= 0.6 is 11.6 Å². The Balaban J connectivity index is 1.62. The molecule has 1 fully saturated rings. The summed E-state index contributed by atoms with van der Waals surface area (Å²) in [5, 5.41) is 11.1. The zero-order valence-corrected chi connectivity index (χ0v) is 15.9. The molecule has 1 aromatic carbocycles. The number of carbonyl (C=O) groups is 1. The molecule has 6 nitrogen and oxygen atoms in total. The summed E-state index contributed by atoms with van der Waals surface area (Å²) in [6.45, 7) is 6.67. The lowest BCUT2D eigenvalue weighted by Crippen LogP contribution is -2.32. The maximum absolute atomic E-state index is 12.4. The van der Waals surface area contributed by atoms with Crippen LogP contribution in [0, 0.1) is 5.92 Å². The molecule has 140 valence electrons. The van der Waals surface area contributed by atoms with Gasteiger partial charge in [-0.05, 0) is 49.6 Å². The number of piperidine rings is 1. The van der Waals surface area contributed by atoms with Crippen molar-refractivity contribution in [2.75, 3.05) is 25.0 Å². The van der Waals surface area contributed by atoms with E-state index >= 15 is 0 Å². The summed E-state index contributed by atoms with van der Waals surface area (Å²) in [6.07, 6.45) is 4.06. The largest absolute Gasteiger partial charge is 0.492 e. The Labute approximate surface area is 158 Å². The van der Waals surface area contributed by atoms with E-state index in [4.69, 9.17) is 16.3 Å². The Morgan fingerprint density at radius 1 is 1.46 bits per heavy atom. The first-order chi connectivity index (χ1) is 12.5. The van der Waals surface area contributed by atoms with Gasteiger partial charge in [-0.2, -0.15) is 5.10 Å². The molecule has 2 aromatic rings. The summed E-state index contributed by atoms with van der Waals surface area (Å²) >= 11 is 6.24. The number of hydrogen-bond acceptors (Lipinski definition) is 4. The van der Waals surface area contributed by atoms with E-state index < -0.39 is 0 Å². The Morgan fingerprint density at radius 2 is 2.31 bits per heavy atom. The number of benzene rings is 1. The van der Waals surface area contributed by atoms with Crippen LogP contribution in [0.1, 0.15) is 43.2 Å². The molecule has 0 bridgehead atoms. The molecule has 0 spiro atoms. The molecule has 1 aromatic heterocycles. The van der Waals surface area contributed by atoms with Crippen LogP contribution in [0.15, 0.2) is 30.5 Å². The van der Waals surface area contributed by atoms with Crippen LogP contribution < -0.4 is 15.4 Å². The average molecular weight is 377 g/mol. The van der Waals surface area contributed by atoms with E-state index in [-0.39, 0.29) is 5.91 Å². The minimum absolute atomic E-state index is 0.251. The number of aromatic nitrogens is 2. The van der Waals surface area contributed by atoms with Crippen LogP contribution in [0.5, 0.6) is 5.75 Å². The van der Waals surface area contributed by atoms with Crippen molar-refractivity contribution in [1.82, 2.24) is 15.1 Å². The molecule has 2 N–H and O–H groups in total. The molecule has 3 rings (SSSR count). The maximum Gasteiger partial charge on any atom is 0.276 e. The highest BCUT2D eigenvalue weighted by Crippen LogP contribution is 2.28. The first-order valence-electron chi connectivity index (χ1n) is 9.02. The monoisotopic (exact) mass is 376 g/mol. The minimum Gasteiger partial charge on any atom is -0.492 e. The molecule has 26 heavy (non-hydrogen) atoms. The highest BCUT2D eigenvalue weighted by molar-refractivity contribution is 6.32. The number of hydrogen-bond donors (Lipinski definition) is 2. The van der Waals surface area contributed by atoms with E-state index in [1.54, 1.807) is 24.3 Å². The molecule has 1 aliphatic rings. The fourth-order valence-electron chi connectivity index (χ4n) is 2.87. The third kappa shape index (κ3) is 4.77. The lowest BCUT2D eigenvalue weighted by atomic mass is 10.1. The Bertz CT molecular complexity index is 754. The van der Waals surface area contributed by atoms with Crippen molar-refractivity contribution in [3.63, 3.8) is 0 Å². The second-order valence-corrected chi connectivity index (χ2v) is 7.39. The molecule has 1 aliphatic heterocycles. The molecular formula is C19H25ClN4O2. The van der Waals surface area contributed by atoms with Crippen molar-refractivity contribution in [1.29, 1.82) is 0 Å². The number of halogens is 1. The van der Waals surface area contributed by atoms with Crippen molar-refractivity contribution >= 4 is 23.2 Å². The topological polar surface area (TPSA) is 68.2 Å². The van der Waals surface area contributed by atoms with Crippen molar-refractivity contribution in [3.05, 3.63) is 41.2 Å². The van der Waals surface area contributed by atoms with Gasteiger partial charge in [0.05, 0.1) is 17.7 Å². The second kappa shape index (κ2) is 8.56. The Hall–Kier alpha value is -2.05. The zero-order chi connectivity index (χ0) is 18.5. The highest BCUT2D eigenvalue weighted by Gasteiger charge is 2.18. The number of anilines is 1. The summed E-state index contributed by atoms with van der Waals surface area (Å²) < 4.78 is 7.52. The molecule has 0 saturated carbocycles. The van der Waals surface area contributed by atoms with Crippen LogP contribution in [0.4, 0.5) is 5.69 Å². The zero-order valence-electron chi connectivity index (χ0n) is 15.2. The number of nitrogens with one attached hydrogen (secondary N) is 2. The smallest absolute Gasteiger partial charge is 0.276 e. The minimum atomic E-state index is -0.251. The van der Waals surface area contributed by atoms with Crippen LogP contribution in [-0.2, 0) is 0 Å². The average Bonchev–Trinajstić information content (AvgIpc) is 3.12. The van der Waals surface area contributed by atoms with Gasteiger partial charge in [0.2, 0.25) is 0 Å². The maximum atomic E-state index is 12.4. The van der Waals surface area contributed by atoms with Crippen molar-refractivity contribution in [2.45, 2.75) is 32.7 Å². The van der Waals surface area contributed by atoms with E-state index in [1.165, 1.54) is 0 Å². The lowest BCUT2D eigenvalue weighted by Gasteiger charge is -2.22. The first kappa shape index (κ1) is 18.7. The van der Waals surface area contributed by atoms with Gasteiger partial charge in [0, 0.05) is 18.4 Å². The van der Waals surface area contributed by atoms with Crippen molar-refractivity contribution in [3.8, 4) is 5.75 Å². The summed E-state index contributed by atoms with van der Waals surface area (Å²) in [5.41, 5.74) is 1.01. The fraction of sp³-hybridized carbons (Fsp3) is 0.474. The molecule has 1 amide bonds. The van der Waals surface area contributed by atoms with Crippen LogP contribution in [0.3, 0.4) is 0 Å². The normalized spacial score (nSPS) is 17.3. The molecular weight excluding hydrogens is 352 g/mol. The van der Waals surface area contributed by atoms with E-state index in [0.29, 0.717) is 40.7 Å². The van der Waals surface area contributed by atoms with Gasteiger partial charge in [-0.3, -0.25) is 9.48 Å². The number of ether oxygens (including phenoxy) is 1. The van der Waals surface area contributed by atoms with Crippen LogP contribution in [-0.4, -0.2) is 35.4 Å². The van der Waals surface area contributed by atoms with Gasteiger partial charge in [-0.25, -0.2) is 0 Å². The standard InChI is InChI=1S/C19H25ClN4O2/c1-13(2)12-26-18-6-5-14(10-16(18)20)22-19(25)17-7-9-24(23-17)15-4-3-8-21-11-15/h5-7,9-10,13,15,21H,3-4,8,11-12H2,1-2H3,(H,22,25). The number of nitrogens with zero attached hydrogens (tertiary/aromatic N) is 2. The summed E-state index contributed by atoms with van der Waals surface area (Å²) in [4.78, 5) is 12.4. The summed E-state index contributed by atoms with van der Waals surface area (Å²) in [7, 11) is 0. The number of rotatable bonds is 6. The molecule has 1 saturated heterocycles. The molecule has 2 heterocycles. The van der Waals surface area contributed by atoms with Crippen molar-refractivity contribution < 1.29 is 9.53 Å². The van der Waals surface area contributed by atoms with E-state index in [1.807, 2.05) is 10.9 Å². The third-order valence-corrected chi connectivity index (χ3v) is 4.54. The molecule has 0 aliphatic carbocycles.